The Morgan fingerprint density at radius 2 is 2.00 bits per heavy atom. The summed E-state index contributed by atoms with van der Waals surface area (Å²) in [6.45, 7) is 2.15. The van der Waals surface area contributed by atoms with E-state index < -0.39 is 5.97 Å². The lowest BCUT2D eigenvalue weighted by atomic mass is 10.1. The van der Waals surface area contributed by atoms with Crippen LogP contribution >= 0.6 is 28.1 Å². The zero-order valence-corrected chi connectivity index (χ0v) is 17.3. The number of nitrogens with zero attached hydrogens (tertiary/aromatic N) is 2. The molecule has 1 aromatic carbocycles. The zero-order chi connectivity index (χ0) is 19.4. The number of rotatable bonds is 6. The molecule has 0 bridgehead atoms. The first kappa shape index (κ1) is 20.2. The Hall–Kier alpha value is -2.13. The van der Waals surface area contributed by atoms with Gasteiger partial charge in [-0.15, -0.1) is 0 Å². The van der Waals surface area contributed by atoms with E-state index in [2.05, 4.69) is 20.7 Å². The molecule has 7 nitrogen and oxygen atoms in total. The van der Waals surface area contributed by atoms with Gasteiger partial charge >= 0.3 is 5.97 Å². The zero-order valence-electron chi connectivity index (χ0n) is 14.9. The molecular weight excluding hydrogens is 424 g/mol. The summed E-state index contributed by atoms with van der Waals surface area (Å²) in [7, 11) is 4.47. The third-order valence-corrected chi connectivity index (χ3v) is 4.91. The molecule has 2 rings (SSSR count). The van der Waals surface area contributed by atoms with Gasteiger partial charge in [0.25, 0.3) is 5.91 Å². The molecule has 1 aromatic rings. The summed E-state index contributed by atoms with van der Waals surface area (Å²) in [5.74, 6) is 0.226. The summed E-state index contributed by atoms with van der Waals surface area (Å²) < 4.78 is 16.2. The van der Waals surface area contributed by atoms with E-state index in [1.165, 1.54) is 12.0 Å². The molecule has 0 aliphatic carbocycles. The minimum atomic E-state index is -0.542. The number of methoxy groups -OCH3 is 2. The smallest absolute Gasteiger partial charge is 0.325 e. The minimum Gasteiger partial charge on any atom is -0.493 e. The van der Waals surface area contributed by atoms with Crippen LogP contribution in [0, 0.1) is 0 Å². The van der Waals surface area contributed by atoms with Gasteiger partial charge in [-0.2, -0.15) is 0 Å². The molecule has 0 N–H and O–H groups in total. The summed E-state index contributed by atoms with van der Waals surface area (Å²) in [6.07, 6.45) is 1.67. The van der Waals surface area contributed by atoms with E-state index in [-0.39, 0.29) is 17.6 Å². The normalized spacial score (nSPS) is 15.7. The average molecular weight is 443 g/mol. The number of likely N-dealkylation sites (N-methyl/N-ethyl adjacent to an activating group) is 1. The Morgan fingerprint density at radius 1 is 1.31 bits per heavy atom. The standard InChI is InChI=1S/C17H19BrN2O5S/c1-5-25-14-8-11(18)10(7-13(14)23-3)6-12-16(22)20(9-15(21)24-4)17(26)19(12)2/h6-8H,5,9H2,1-4H3/b12-6-. The van der Waals surface area contributed by atoms with Gasteiger partial charge in [0.15, 0.2) is 16.6 Å². The maximum Gasteiger partial charge on any atom is 0.325 e. The van der Waals surface area contributed by atoms with Gasteiger partial charge < -0.3 is 19.1 Å². The second kappa shape index (κ2) is 8.50. The Kier molecular flexibility index (Phi) is 6.60. The first-order valence-corrected chi connectivity index (χ1v) is 8.92. The molecule has 140 valence electrons. The molecule has 1 amide bonds. The molecule has 1 aliphatic heterocycles. The first-order chi connectivity index (χ1) is 12.3. The van der Waals surface area contributed by atoms with Crippen LogP contribution in [0.2, 0.25) is 0 Å². The lowest BCUT2D eigenvalue weighted by Crippen LogP contribution is -2.36. The third kappa shape index (κ3) is 3.99. The molecule has 0 radical (unpaired) electrons. The van der Waals surface area contributed by atoms with Crippen LogP contribution in [-0.2, 0) is 14.3 Å². The molecule has 1 saturated heterocycles. The van der Waals surface area contributed by atoms with Crippen molar-refractivity contribution in [3.05, 3.63) is 27.9 Å². The van der Waals surface area contributed by atoms with Gasteiger partial charge in [-0.05, 0) is 42.9 Å². The van der Waals surface area contributed by atoms with Crippen molar-refractivity contribution < 1.29 is 23.8 Å². The summed E-state index contributed by atoms with van der Waals surface area (Å²) in [5.41, 5.74) is 1.05. The number of hydrogen-bond donors (Lipinski definition) is 0. The summed E-state index contributed by atoms with van der Waals surface area (Å²) in [4.78, 5) is 26.9. The predicted octanol–water partition coefficient (Wildman–Crippen LogP) is 2.43. The molecule has 0 saturated carbocycles. The van der Waals surface area contributed by atoms with E-state index in [0.29, 0.717) is 29.4 Å². The minimum absolute atomic E-state index is 0.233. The van der Waals surface area contributed by atoms with Gasteiger partial charge in [-0.3, -0.25) is 14.5 Å². The summed E-state index contributed by atoms with van der Waals surface area (Å²) >= 11 is 8.74. The van der Waals surface area contributed by atoms with Crippen molar-refractivity contribution in [3.8, 4) is 11.5 Å². The molecule has 0 spiro atoms. The van der Waals surface area contributed by atoms with E-state index in [9.17, 15) is 9.59 Å². The van der Waals surface area contributed by atoms with Crippen molar-refractivity contribution in [1.82, 2.24) is 9.80 Å². The SMILES string of the molecule is CCOc1cc(Br)c(/C=C2/C(=O)N(CC(=O)OC)C(=S)N2C)cc1OC. The van der Waals surface area contributed by atoms with Gasteiger partial charge in [0.1, 0.15) is 12.2 Å². The van der Waals surface area contributed by atoms with E-state index in [0.717, 1.165) is 4.47 Å². The fourth-order valence-electron chi connectivity index (χ4n) is 2.38. The second-order valence-electron chi connectivity index (χ2n) is 5.30. The monoisotopic (exact) mass is 442 g/mol. The van der Waals surface area contributed by atoms with Crippen LogP contribution in [-0.4, -0.2) is 61.2 Å². The van der Waals surface area contributed by atoms with Gasteiger partial charge in [0, 0.05) is 11.5 Å². The van der Waals surface area contributed by atoms with Crippen LogP contribution in [0.5, 0.6) is 11.5 Å². The van der Waals surface area contributed by atoms with Gasteiger partial charge in [-0.25, -0.2) is 0 Å². The fraction of sp³-hybridized carbons (Fsp3) is 0.353. The fourth-order valence-corrected chi connectivity index (χ4v) is 3.06. The number of hydrogen-bond acceptors (Lipinski definition) is 6. The number of halogens is 1. The molecule has 1 heterocycles. The molecule has 0 unspecified atom stereocenters. The number of benzene rings is 1. The van der Waals surface area contributed by atoms with Crippen molar-refractivity contribution in [1.29, 1.82) is 0 Å². The highest BCUT2D eigenvalue weighted by molar-refractivity contribution is 9.10. The average Bonchev–Trinajstić information content (AvgIpc) is 2.81. The highest BCUT2D eigenvalue weighted by atomic mass is 79.9. The van der Waals surface area contributed by atoms with Crippen molar-refractivity contribution in [2.24, 2.45) is 0 Å². The quantitative estimate of drug-likeness (QED) is 0.380. The number of thiocarbonyl (C=S) groups is 1. The molecule has 0 atom stereocenters. The van der Waals surface area contributed by atoms with Crippen LogP contribution in [0.1, 0.15) is 12.5 Å². The largest absolute Gasteiger partial charge is 0.493 e. The number of amides is 1. The Balaban J connectivity index is 2.41. The van der Waals surface area contributed by atoms with Crippen molar-refractivity contribution in [2.45, 2.75) is 6.92 Å². The predicted molar refractivity (Wildman–Crippen MR) is 104 cm³/mol. The van der Waals surface area contributed by atoms with Crippen LogP contribution in [0.4, 0.5) is 0 Å². The maximum atomic E-state index is 12.7. The highest BCUT2D eigenvalue weighted by Gasteiger charge is 2.37. The molecule has 0 aromatic heterocycles. The summed E-state index contributed by atoms with van der Waals surface area (Å²) in [6, 6.07) is 3.54. The van der Waals surface area contributed by atoms with Crippen LogP contribution in [0.15, 0.2) is 22.3 Å². The number of esters is 1. The Labute approximate surface area is 165 Å². The summed E-state index contributed by atoms with van der Waals surface area (Å²) in [5, 5.41) is 0.237. The highest BCUT2D eigenvalue weighted by Crippen LogP contribution is 2.35. The van der Waals surface area contributed by atoms with Crippen molar-refractivity contribution >= 4 is 51.2 Å². The van der Waals surface area contributed by atoms with E-state index in [1.807, 2.05) is 6.92 Å². The molecular formula is C17H19BrN2O5S. The topological polar surface area (TPSA) is 68.3 Å². The van der Waals surface area contributed by atoms with Gasteiger partial charge in [0.2, 0.25) is 0 Å². The Bertz CT molecular complexity index is 781. The molecule has 26 heavy (non-hydrogen) atoms. The lowest BCUT2D eigenvalue weighted by Gasteiger charge is -2.15. The first-order valence-electron chi connectivity index (χ1n) is 7.72. The van der Waals surface area contributed by atoms with Crippen LogP contribution in [0.3, 0.4) is 0 Å². The number of carbonyl (C=O) groups is 2. The van der Waals surface area contributed by atoms with Gasteiger partial charge in [0.05, 0.1) is 20.8 Å². The van der Waals surface area contributed by atoms with Gasteiger partial charge in [-0.1, -0.05) is 15.9 Å². The number of ether oxygens (including phenoxy) is 3. The molecule has 1 fully saturated rings. The van der Waals surface area contributed by atoms with Crippen LogP contribution in [0.25, 0.3) is 6.08 Å². The van der Waals surface area contributed by atoms with E-state index in [1.54, 1.807) is 37.3 Å². The third-order valence-electron chi connectivity index (χ3n) is 3.73. The van der Waals surface area contributed by atoms with E-state index >= 15 is 0 Å². The Morgan fingerprint density at radius 3 is 2.58 bits per heavy atom. The lowest BCUT2D eigenvalue weighted by molar-refractivity contribution is -0.143. The molecule has 9 heteroatoms. The van der Waals surface area contributed by atoms with Crippen molar-refractivity contribution in [2.75, 3.05) is 34.4 Å². The van der Waals surface area contributed by atoms with E-state index in [4.69, 9.17) is 21.7 Å². The maximum absolute atomic E-state index is 12.7. The molecule has 1 aliphatic rings. The van der Waals surface area contributed by atoms with Crippen molar-refractivity contribution in [3.63, 3.8) is 0 Å². The van der Waals surface area contributed by atoms with Crippen LogP contribution < -0.4 is 9.47 Å². The second-order valence-corrected chi connectivity index (χ2v) is 6.52. The number of carbonyl (C=O) groups excluding carboxylic acids is 2.